The lowest BCUT2D eigenvalue weighted by Crippen LogP contribution is -2.37. The summed E-state index contributed by atoms with van der Waals surface area (Å²) >= 11 is 0. The Balaban J connectivity index is 1.47. The van der Waals surface area contributed by atoms with Crippen LogP contribution in [0.4, 0.5) is 17.1 Å². The molecular weight excluding hydrogens is 362 g/mol. The zero-order valence-corrected chi connectivity index (χ0v) is 16.3. The van der Waals surface area contributed by atoms with Crippen molar-refractivity contribution in [2.45, 2.75) is 19.4 Å². The van der Waals surface area contributed by atoms with Crippen molar-refractivity contribution < 1.29 is 9.59 Å². The molecule has 0 radical (unpaired) electrons. The third-order valence-electron chi connectivity index (χ3n) is 5.14. The number of anilines is 3. The summed E-state index contributed by atoms with van der Waals surface area (Å²) in [6.45, 7) is 2.36. The van der Waals surface area contributed by atoms with Gasteiger partial charge in [-0.3, -0.25) is 9.59 Å². The summed E-state index contributed by atoms with van der Waals surface area (Å²) in [5, 5.41) is 5.78. The number of hydrogen-bond donors (Lipinski definition) is 2. The Bertz CT molecular complexity index is 1030. The number of carbonyl (C=O) groups is 2. The number of rotatable bonds is 5. The normalized spacial score (nSPS) is 14.9. The van der Waals surface area contributed by atoms with E-state index >= 15 is 0 Å². The van der Waals surface area contributed by atoms with E-state index in [-0.39, 0.29) is 24.4 Å². The van der Waals surface area contributed by atoms with E-state index in [1.807, 2.05) is 54.6 Å². The molecule has 0 aromatic heterocycles. The molecule has 0 aliphatic carbocycles. The number of amides is 2. The molecular formula is C24H23N3O2. The molecule has 5 nitrogen and oxygen atoms in total. The lowest BCUT2D eigenvalue weighted by Gasteiger charge is -2.24. The third kappa shape index (κ3) is 4.14. The van der Waals surface area contributed by atoms with Crippen LogP contribution in [-0.4, -0.2) is 24.4 Å². The van der Waals surface area contributed by atoms with Crippen molar-refractivity contribution in [2.24, 2.45) is 0 Å². The maximum atomic E-state index is 12.8. The zero-order chi connectivity index (χ0) is 20.2. The number of fused-ring (bicyclic) bond motifs is 1. The van der Waals surface area contributed by atoms with Crippen LogP contribution in [0.3, 0.4) is 0 Å². The molecule has 0 spiro atoms. The van der Waals surface area contributed by atoms with Crippen LogP contribution in [0.25, 0.3) is 0 Å². The minimum atomic E-state index is -0.257. The molecule has 3 aromatic rings. The third-order valence-corrected chi connectivity index (χ3v) is 5.14. The summed E-state index contributed by atoms with van der Waals surface area (Å²) in [5.41, 5.74) is 4.01. The predicted molar refractivity (Wildman–Crippen MR) is 116 cm³/mol. The van der Waals surface area contributed by atoms with Crippen LogP contribution in [0.1, 0.15) is 22.8 Å². The Morgan fingerprint density at radius 1 is 0.897 bits per heavy atom. The van der Waals surface area contributed by atoms with Gasteiger partial charge in [-0.1, -0.05) is 48.5 Å². The molecule has 0 fully saturated rings. The number of nitrogens with zero attached hydrogens (tertiary/aromatic N) is 1. The molecule has 1 heterocycles. The first-order valence-electron chi connectivity index (χ1n) is 9.71. The standard InChI is InChI=1S/C24H23N3O2/c1-17-15-18-9-5-8-14-22(18)27(17)16-23(28)26-21-13-7-6-12-20(21)24(29)25-19-10-3-2-4-11-19/h2-14,17H,15-16H2,1H3,(H,25,29)(H,26,28)/t17-/m1/s1. The van der Waals surface area contributed by atoms with Crippen LogP contribution in [-0.2, 0) is 11.2 Å². The second-order valence-corrected chi connectivity index (χ2v) is 7.22. The van der Waals surface area contributed by atoms with Crippen molar-refractivity contribution in [3.05, 3.63) is 90.0 Å². The molecule has 5 heteroatoms. The quantitative estimate of drug-likeness (QED) is 0.687. The SMILES string of the molecule is C[C@@H]1Cc2ccccc2N1CC(=O)Nc1ccccc1C(=O)Nc1ccccc1. The second-order valence-electron chi connectivity index (χ2n) is 7.22. The highest BCUT2D eigenvalue weighted by Gasteiger charge is 2.27. The molecule has 146 valence electrons. The minimum absolute atomic E-state index is 0.145. The van der Waals surface area contributed by atoms with Crippen molar-refractivity contribution in [3.63, 3.8) is 0 Å². The number of benzene rings is 3. The second kappa shape index (κ2) is 8.19. The van der Waals surface area contributed by atoms with Gasteiger partial charge in [0.25, 0.3) is 5.91 Å². The van der Waals surface area contributed by atoms with Gasteiger partial charge in [0.2, 0.25) is 5.91 Å². The van der Waals surface area contributed by atoms with Gasteiger partial charge in [-0.05, 0) is 49.2 Å². The van der Waals surface area contributed by atoms with Crippen LogP contribution < -0.4 is 15.5 Å². The van der Waals surface area contributed by atoms with Gasteiger partial charge >= 0.3 is 0 Å². The van der Waals surface area contributed by atoms with Crippen molar-refractivity contribution in [2.75, 3.05) is 22.1 Å². The monoisotopic (exact) mass is 385 g/mol. The van der Waals surface area contributed by atoms with E-state index in [1.165, 1.54) is 5.56 Å². The van der Waals surface area contributed by atoms with Gasteiger partial charge in [-0.25, -0.2) is 0 Å². The first kappa shape index (κ1) is 18.7. The molecule has 3 aromatic carbocycles. The summed E-state index contributed by atoms with van der Waals surface area (Å²) in [7, 11) is 0. The summed E-state index contributed by atoms with van der Waals surface area (Å²) in [6, 6.07) is 24.7. The van der Waals surface area contributed by atoms with Crippen molar-refractivity contribution in [3.8, 4) is 0 Å². The van der Waals surface area contributed by atoms with Gasteiger partial charge in [-0.2, -0.15) is 0 Å². The average molecular weight is 385 g/mol. The van der Waals surface area contributed by atoms with Crippen LogP contribution in [0.2, 0.25) is 0 Å². The maximum Gasteiger partial charge on any atom is 0.257 e. The maximum absolute atomic E-state index is 12.8. The molecule has 1 atom stereocenters. The van der Waals surface area contributed by atoms with Gasteiger partial charge in [0.05, 0.1) is 17.8 Å². The van der Waals surface area contributed by atoms with Crippen LogP contribution in [0.15, 0.2) is 78.9 Å². The first-order valence-corrected chi connectivity index (χ1v) is 9.71. The fraction of sp³-hybridized carbons (Fsp3) is 0.167. The topological polar surface area (TPSA) is 61.4 Å². The molecule has 0 bridgehead atoms. The van der Waals surface area contributed by atoms with Crippen LogP contribution in [0.5, 0.6) is 0 Å². The average Bonchev–Trinajstić information content (AvgIpc) is 3.04. The van der Waals surface area contributed by atoms with E-state index in [9.17, 15) is 9.59 Å². The number of para-hydroxylation sites is 3. The van der Waals surface area contributed by atoms with E-state index in [1.54, 1.807) is 18.2 Å². The predicted octanol–water partition coefficient (Wildman–Crippen LogP) is 4.33. The van der Waals surface area contributed by atoms with Gasteiger partial charge in [0.15, 0.2) is 0 Å². The van der Waals surface area contributed by atoms with E-state index in [0.29, 0.717) is 16.9 Å². The summed E-state index contributed by atoms with van der Waals surface area (Å²) < 4.78 is 0. The summed E-state index contributed by atoms with van der Waals surface area (Å²) in [6.07, 6.45) is 0.930. The van der Waals surface area contributed by atoms with Gasteiger partial charge in [-0.15, -0.1) is 0 Å². The Labute approximate surface area is 170 Å². The Morgan fingerprint density at radius 3 is 2.41 bits per heavy atom. The van der Waals surface area contributed by atoms with Crippen LogP contribution in [0, 0.1) is 0 Å². The zero-order valence-electron chi connectivity index (χ0n) is 16.3. The molecule has 0 saturated heterocycles. The van der Waals surface area contributed by atoms with Crippen LogP contribution >= 0.6 is 0 Å². The highest BCUT2D eigenvalue weighted by atomic mass is 16.2. The van der Waals surface area contributed by atoms with Gasteiger partial charge < -0.3 is 15.5 Å². The van der Waals surface area contributed by atoms with E-state index in [2.05, 4.69) is 28.5 Å². The highest BCUT2D eigenvalue weighted by molar-refractivity contribution is 6.10. The Morgan fingerprint density at radius 2 is 1.59 bits per heavy atom. The molecule has 29 heavy (non-hydrogen) atoms. The van der Waals surface area contributed by atoms with E-state index in [4.69, 9.17) is 0 Å². The molecule has 4 rings (SSSR count). The largest absolute Gasteiger partial charge is 0.359 e. The van der Waals surface area contributed by atoms with Crippen molar-refractivity contribution >= 4 is 28.9 Å². The number of carbonyl (C=O) groups excluding carboxylic acids is 2. The van der Waals surface area contributed by atoms with Gasteiger partial charge in [0.1, 0.15) is 0 Å². The smallest absolute Gasteiger partial charge is 0.257 e. The van der Waals surface area contributed by atoms with E-state index < -0.39 is 0 Å². The molecule has 2 amide bonds. The van der Waals surface area contributed by atoms with Crippen molar-refractivity contribution in [1.29, 1.82) is 0 Å². The fourth-order valence-electron chi connectivity index (χ4n) is 3.73. The molecule has 0 saturated carbocycles. The summed E-state index contributed by atoms with van der Waals surface area (Å²) in [4.78, 5) is 27.6. The first-order chi connectivity index (χ1) is 14.1. The lowest BCUT2D eigenvalue weighted by atomic mass is 10.1. The summed E-state index contributed by atoms with van der Waals surface area (Å²) in [5.74, 6) is -0.402. The Kier molecular flexibility index (Phi) is 5.29. The molecule has 1 aliphatic rings. The van der Waals surface area contributed by atoms with E-state index in [0.717, 1.165) is 12.1 Å². The van der Waals surface area contributed by atoms with Crippen molar-refractivity contribution in [1.82, 2.24) is 0 Å². The molecule has 2 N–H and O–H groups in total. The lowest BCUT2D eigenvalue weighted by molar-refractivity contribution is -0.115. The number of nitrogens with one attached hydrogen (secondary N) is 2. The minimum Gasteiger partial charge on any atom is -0.359 e. The highest BCUT2D eigenvalue weighted by Crippen LogP contribution is 2.31. The fourth-order valence-corrected chi connectivity index (χ4v) is 3.73. The molecule has 1 aliphatic heterocycles. The van der Waals surface area contributed by atoms with Gasteiger partial charge in [0, 0.05) is 17.4 Å². The Hall–Kier alpha value is -3.60. The number of hydrogen-bond acceptors (Lipinski definition) is 3. The molecule has 0 unspecified atom stereocenters.